The van der Waals surface area contributed by atoms with Crippen LogP contribution in [0.4, 0.5) is 0 Å². The topological polar surface area (TPSA) is 9.23 Å². The highest BCUT2D eigenvalue weighted by molar-refractivity contribution is 6.70. The van der Waals surface area contributed by atoms with Gasteiger partial charge < -0.3 is 4.43 Å². The van der Waals surface area contributed by atoms with Crippen LogP contribution in [0, 0.1) is 0 Å². The van der Waals surface area contributed by atoms with Crippen molar-refractivity contribution in [2.24, 2.45) is 0 Å². The Bertz CT molecular complexity index is 168. The van der Waals surface area contributed by atoms with Crippen LogP contribution in [0.3, 0.4) is 0 Å². The van der Waals surface area contributed by atoms with Crippen LogP contribution in [0.1, 0.15) is 46.0 Å². The number of hydrogen-bond acceptors (Lipinski definition) is 1. The molecule has 0 aliphatic carbocycles. The summed E-state index contributed by atoms with van der Waals surface area (Å²) in [5, 5.41) is 0. The van der Waals surface area contributed by atoms with Gasteiger partial charge >= 0.3 is 0 Å². The van der Waals surface area contributed by atoms with Crippen molar-refractivity contribution in [2.45, 2.75) is 65.6 Å². The Labute approximate surface area is 90.7 Å². The molecule has 0 aromatic carbocycles. The lowest BCUT2D eigenvalue weighted by Gasteiger charge is -2.22. The van der Waals surface area contributed by atoms with Gasteiger partial charge in [-0.2, -0.15) is 0 Å². The highest BCUT2D eigenvalue weighted by atomic mass is 28.4. The molecule has 0 radical (unpaired) electrons. The summed E-state index contributed by atoms with van der Waals surface area (Å²) in [6, 6.07) is 0. The van der Waals surface area contributed by atoms with E-state index < -0.39 is 8.32 Å². The Morgan fingerprint density at radius 2 is 1.79 bits per heavy atom. The molecular weight excluding hydrogens is 188 g/mol. The van der Waals surface area contributed by atoms with Gasteiger partial charge in [0, 0.05) is 6.42 Å². The minimum absolute atomic E-state index is 1.09. The second-order valence-electron chi connectivity index (χ2n) is 4.75. The van der Waals surface area contributed by atoms with Crippen molar-refractivity contribution in [3.63, 3.8) is 0 Å². The van der Waals surface area contributed by atoms with Crippen molar-refractivity contribution in [2.75, 3.05) is 0 Å². The molecule has 0 aromatic heterocycles. The standard InChI is InChI=1S/C12H26OSi/c1-6-8-9-11-12(10-7-2)13-14(3,4)5/h10H,6-9,11H2,1-5H3/b12-10-. The second kappa shape index (κ2) is 7.10. The first-order valence-electron chi connectivity index (χ1n) is 5.87. The monoisotopic (exact) mass is 214 g/mol. The van der Waals surface area contributed by atoms with Crippen molar-refractivity contribution in [1.82, 2.24) is 0 Å². The van der Waals surface area contributed by atoms with Crippen LogP contribution >= 0.6 is 0 Å². The van der Waals surface area contributed by atoms with Crippen LogP contribution in [0.2, 0.25) is 19.6 Å². The number of allylic oxidation sites excluding steroid dienone is 2. The predicted molar refractivity (Wildman–Crippen MR) is 66.9 cm³/mol. The van der Waals surface area contributed by atoms with Gasteiger partial charge in [0.05, 0.1) is 5.76 Å². The van der Waals surface area contributed by atoms with Crippen LogP contribution in [-0.4, -0.2) is 8.32 Å². The molecular formula is C12H26OSi. The van der Waals surface area contributed by atoms with E-state index in [-0.39, 0.29) is 0 Å². The third kappa shape index (κ3) is 8.36. The lowest BCUT2D eigenvalue weighted by atomic mass is 10.2. The van der Waals surface area contributed by atoms with Crippen LogP contribution in [0.5, 0.6) is 0 Å². The van der Waals surface area contributed by atoms with E-state index in [0.29, 0.717) is 0 Å². The first-order chi connectivity index (χ1) is 6.49. The maximum atomic E-state index is 6.02. The van der Waals surface area contributed by atoms with Crippen molar-refractivity contribution in [3.8, 4) is 0 Å². The van der Waals surface area contributed by atoms with Crippen molar-refractivity contribution >= 4 is 8.32 Å². The Hall–Kier alpha value is -0.243. The van der Waals surface area contributed by atoms with Crippen LogP contribution in [0.15, 0.2) is 11.8 Å². The maximum absolute atomic E-state index is 6.02. The maximum Gasteiger partial charge on any atom is 0.241 e. The largest absolute Gasteiger partial charge is 0.548 e. The summed E-state index contributed by atoms with van der Waals surface area (Å²) in [5.74, 6) is 1.24. The van der Waals surface area contributed by atoms with E-state index in [9.17, 15) is 0 Å². The van der Waals surface area contributed by atoms with Gasteiger partial charge in [-0.1, -0.05) is 26.7 Å². The van der Waals surface area contributed by atoms with Gasteiger partial charge in [-0.05, 0) is 38.6 Å². The molecule has 0 aromatic rings. The number of unbranched alkanes of at least 4 members (excludes halogenated alkanes) is 2. The Morgan fingerprint density at radius 3 is 2.21 bits per heavy atom. The molecule has 0 atom stereocenters. The zero-order valence-corrected chi connectivity index (χ0v) is 11.5. The molecule has 0 saturated heterocycles. The van der Waals surface area contributed by atoms with Crippen LogP contribution < -0.4 is 0 Å². The molecule has 2 heteroatoms. The summed E-state index contributed by atoms with van der Waals surface area (Å²) >= 11 is 0. The third-order valence-corrected chi connectivity index (χ3v) is 2.77. The van der Waals surface area contributed by atoms with Crippen LogP contribution in [-0.2, 0) is 4.43 Å². The van der Waals surface area contributed by atoms with Gasteiger partial charge in [0.2, 0.25) is 8.32 Å². The molecule has 84 valence electrons. The predicted octanol–water partition coefficient (Wildman–Crippen LogP) is 4.71. The van der Waals surface area contributed by atoms with E-state index in [2.05, 4.69) is 39.6 Å². The van der Waals surface area contributed by atoms with E-state index in [4.69, 9.17) is 4.43 Å². The highest BCUT2D eigenvalue weighted by Crippen LogP contribution is 2.17. The minimum Gasteiger partial charge on any atom is -0.548 e. The fourth-order valence-corrected chi connectivity index (χ4v) is 2.34. The molecule has 0 fully saturated rings. The van der Waals surface area contributed by atoms with E-state index in [1.165, 1.54) is 25.0 Å². The average Bonchev–Trinajstić information content (AvgIpc) is 2.02. The van der Waals surface area contributed by atoms with Gasteiger partial charge in [0.25, 0.3) is 0 Å². The summed E-state index contributed by atoms with van der Waals surface area (Å²) in [7, 11) is -1.39. The molecule has 0 N–H and O–H groups in total. The summed E-state index contributed by atoms with van der Waals surface area (Å²) in [5.41, 5.74) is 0. The van der Waals surface area contributed by atoms with Crippen molar-refractivity contribution in [1.29, 1.82) is 0 Å². The summed E-state index contributed by atoms with van der Waals surface area (Å²) < 4.78 is 6.02. The normalized spacial score (nSPS) is 13.1. The molecule has 0 rings (SSSR count). The van der Waals surface area contributed by atoms with Gasteiger partial charge in [-0.15, -0.1) is 0 Å². The highest BCUT2D eigenvalue weighted by Gasteiger charge is 2.16. The second-order valence-corrected chi connectivity index (χ2v) is 9.18. The molecule has 0 aliphatic rings. The fraction of sp³-hybridized carbons (Fsp3) is 0.833. The molecule has 14 heavy (non-hydrogen) atoms. The van der Waals surface area contributed by atoms with Gasteiger partial charge in [0.15, 0.2) is 0 Å². The SMILES string of the molecule is CC/C=C(/CCCCC)O[Si](C)(C)C. The molecule has 1 nitrogen and oxygen atoms in total. The van der Waals surface area contributed by atoms with Gasteiger partial charge in [0.1, 0.15) is 0 Å². The van der Waals surface area contributed by atoms with Gasteiger partial charge in [-0.3, -0.25) is 0 Å². The minimum atomic E-state index is -1.39. The summed E-state index contributed by atoms with van der Waals surface area (Å²) in [6.45, 7) is 11.2. The number of hydrogen-bond donors (Lipinski definition) is 0. The van der Waals surface area contributed by atoms with E-state index >= 15 is 0 Å². The smallest absolute Gasteiger partial charge is 0.241 e. The molecule has 0 bridgehead atoms. The van der Waals surface area contributed by atoms with E-state index in [0.717, 1.165) is 12.8 Å². The summed E-state index contributed by atoms with van der Waals surface area (Å²) in [4.78, 5) is 0. The number of rotatable bonds is 7. The quantitative estimate of drug-likeness (QED) is 0.339. The van der Waals surface area contributed by atoms with Crippen molar-refractivity contribution < 1.29 is 4.43 Å². The zero-order chi connectivity index (χ0) is 11.0. The Kier molecular flexibility index (Phi) is 6.98. The molecule has 0 spiro atoms. The first-order valence-corrected chi connectivity index (χ1v) is 9.28. The average molecular weight is 214 g/mol. The third-order valence-electron chi connectivity index (χ3n) is 1.90. The van der Waals surface area contributed by atoms with E-state index in [1.807, 2.05) is 0 Å². The Morgan fingerprint density at radius 1 is 1.14 bits per heavy atom. The zero-order valence-electron chi connectivity index (χ0n) is 10.5. The fourth-order valence-electron chi connectivity index (χ4n) is 1.36. The molecule has 0 amide bonds. The molecule has 0 unspecified atom stereocenters. The van der Waals surface area contributed by atoms with Gasteiger partial charge in [-0.25, -0.2) is 0 Å². The first kappa shape index (κ1) is 13.8. The lowest BCUT2D eigenvalue weighted by molar-refractivity contribution is 0.390. The van der Waals surface area contributed by atoms with E-state index in [1.54, 1.807) is 0 Å². The van der Waals surface area contributed by atoms with Crippen molar-refractivity contribution in [3.05, 3.63) is 11.8 Å². The lowest BCUT2D eigenvalue weighted by Crippen LogP contribution is -2.24. The summed E-state index contributed by atoms with van der Waals surface area (Å²) in [6.07, 6.45) is 8.33. The molecule has 0 saturated carbocycles. The molecule has 0 aliphatic heterocycles. The van der Waals surface area contributed by atoms with Crippen LogP contribution in [0.25, 0.3) is 0 Å². The molecule has 0 heterocycles. The Balaban J connectivity index is 3.97.